The minimum absolute atomic E-state index is 0.477. The molecule has 0 saturated heterocycles. The first-order valence-corrected chi connectivity index (χ1v) is 27.7. The molecule has 0 radical (unpaired) electrons. The Morgan fingerprint density at radius 1 is 0.202 bits per heavy atom. The summed E-state index contributed by atoms with van der Waals surface area (Å²) in [6.07, 6.45) is 0. The molecule has 0 N–H and O–H groups in total. The van der Waals surface area contributed by atoms with Gasteiger partial charge in [0, 0.05) is 65.3 Å². The van der Waals surface area contributed by atoms with Gasteiger partial charge in [0.2, 0.25) is 0 Å². The zero-order valence-electron chi connectivity index (χ0n) is 44.8. The zero-order chi connectivity index (χ0) is 56.2. The van der Waals surface area contributed by atoms with Crippen LogP contribution in [-0.4, -0.2) is 18.3 Å². The molecule has 0 aliphatic carbocycles. The summed E-state index contributed by atoms with van der Waals surface area (Å²) in [7, 11) is 0. The monoisotopic (exact) mass is 1070 g/mol. The Bertz CT molecular complexity index is 5240. The smallest absolute Gasteiger partial charge is 0.0991 e. The summed E-state index contributed by atoms with van der Waals surface area (Å²) in [5.41, 5.74) is 19.1. The average molecular weight is 1070 g/mol. The van der Waals surface area contributed by atoms with E-state index in [9.17, 15) is 21.0 Å². The molecular formula is C76H42N8. The van der Waals surface area contributed by atoms with Crippen LogP contribution >= 0.6 is 0 Å². The second kappa shape index (κ2) is 18.7. The molecule has 0 unspecified atom stereocenters. The highest BCUT2D eigenvalue weighted by Gasteiger charge is 2.25. The lowest BCUT2D eigenvalue weighted by Gasteiger charge is -2.19. The van der Waals surface area contributed by atoms with Crippen LogP contribution in [-0.2, 0) is 0 Å². The predicted molar refractivity (Wildman–Crippen MR) is 339 cm³/mol. The van der Waals surface area contributed by atoms with Gasteiger partial charge in [0.05, 0.1) is 113 Å². The van der Waals surface area contributed by atoms with E-state index in [1.165, 1.54) is 0 Å². The second-order valence-corrected chi connectivity index (χ2v) is 21.3. The highest BCUT2D eigenvalue weighted by atomic mass is 15.0. The first-order chi connectivity index (χ1) is 41.5. The number of nitriles is 4. The number of hydrogen-bond acceptors (Lipinski definition) is 4. The van der Waals surface area contributed by atoms with Crippen LogP contribution in [0.2, 0.25) is 0 Å². The standard InChI is InChI=1S/C76H42N8/c77-43-47-25-31-71(81-65-19-7-1-13-53(65)54-14-2-8-20-66(54)81)59(37-47)51-29-35-75-63(41-51)57-17-5-11-23-69(57)83(75)73-33-27-49(45-79)39-61(73)62-40-50(46-80)28-34-74(62)84-70-24-12-6-18-58(70)64-42-52(30-36-76(64)84)60-38-48(44-78)26-32-72(60)82-67-21-9-3-15-55(67)56-16-4-10-22-68(56)82/h1-42H. The van der Waals surface area contributed by atoms with Gasteiger partial charge in [-0.25, -0.2) is 0 Å². The van der Waals surface area contributed by atoms with Crippen molar-refractivity contribution in [3.05, 3.63) is 277 Å². The molecule has 16 rings (SSSR count). The van der Waals surface area contributed by atoms with Crippen LogP contribution < -0.4 is 0 Å². The average Bonchev–Trinajstić information content (AvgIpc) is 3.51. The van der Waals surface area contributed by atoms with Gasteiger partial charge in [0.25, 0.3) is 0 Å². The molecule has 84 heavy (non-hydrogen) atoms. The van der Waals surface area contributed by atoms with E-state index >= 15 is 0 Å². The molecule has 4 aromatic heterocycles. The molecule has 8 nitrogen and oxygen atoms in total. The minimum atomic E-state index is 0.477. The Balaban J connectivity index is 0.898. The molecule has 0 aliphatic rings. The van der Waals surface area contributed by atoms with E-state index in [1.807, 2.05) is 60.7 Å². The Morgan fingerprint density at radius 2 is 0.429 bits per heavy atom. The maximum Gasteiger partial charge on any atom is 0.0991 e. The summed E-state index contributed by atoms with van der Waals surface area (Å²) in [5, 5.41) is 50.7. The number of aromatic nitrogens is 4. The molecule has 0 atom stereocenters. The molecule has 386 valence electrons. The van der Waals surface area contributed by atoms with Crippen molar-refractivity contribution >= 4 is 87.2 Å². The third-order valence-electron chi connectivity index (χ3n) is 16.9. The second-order valence-electron chi connectivity index (χ2n) is 21.3. The number of hydrogen-bond donors (Lipinski definition) is 0. The van der Waals surface area contributed by atoms with Crippen molar-refractivity contribution in [3.8, 4) is 80.4 Å². The van der Waals surface area contributed by atoms with Gasteiger partial charge >= 0.3 is 0 Å². The summed E-state index contributed by atoms with van der Waals surface area (Å²) >= 11 is 0. The van der Waals surface area contributed by atoms with Gasteiger partial charge in [-0.2, -0.15) is 21.0 Å². The predicted octanol–water partition coefficient (Wildman–Crippen LogP) is 18.6. The van der Waals surface area contributed by atoms with Crippen LogP contribution in [0, 0.1) is 45.3 Å². The van der Waals surface area contributed by atoms with Crippen LogP contribution in [0.1, 0.15) is 22.3 Å². The van der Waals surface area contributed by atoms with E-state index in [0.29, 0.717) is 22.3 Å². The lowest BCUT2D eigenvalue weighted by molar-refractivity contribution is 1.16. The lowest BCUT2D eigenvalue weighted by atomic mass is 9.96. The molecule has 0 bridgehead atoms. The highest BCUT2D eigenvalue weighted by Crippen LogP contribution is 2.45. The molecule has 4 heterocycles. The molecule has 0 aliphatic heterocycles. The zero-order valence-corrected chi connectivity index (χ0v) is 44.8. The van der Waals surface area contributed by atoms with Gasteiger partial charge in [-0.1, -0.05) is 121 Å². The molecule has 0 saturated carbocycles. The quantitative estimate of drug-likeness (QED) is 0.158. The van der Waals surface area contributed by atoms with Gasteiger partial charge in [-0.3, -0.25) is 0 Å². The fourth-order valence-corrected chi connectivity index (χ4v) is 13.3. The summed E-state index contributed by atoms with van der Waals surface area (Å²) in [5.74, 6) is 0. The topological polar surface area (TPSA) is 115 Å². The van der Waals surface area contributed by atoms with Crippen molar-refractivity contribution in [3.63, 3.8) is 0 Å². The van der Waals surface area contributed by atoms with Gasteiger partial charge in [-0.15, -0.1) is 0 Å². The van der Waals surface area contributed by atoms with Crippen LogP contribution in [0.15, 0.2) is 255 Å². The Hall–Kier alpha value is -12.2. The van der Waals surface area contributed by atoms with Gasteiger partial charge < -0.3 is 18.3 Å². The Morgan fingerprint density at radius 3 is 0.702 bits per heavy atom. The summed E-state index contributed by atoms with van der Waals surface area (Å²) in [6.45, 7) is 0. The molecule has 0 fully saturated rings. The van der Waals surface area contributed by atoms with Crippen LogP contribution in [0.3, 0.4) is 0 Å². The molecular weight excluding hydrogens is 1020 g/mol. The van der Waals surface area contributed by atoms with Crippen molar-refractivity contribution in [2.45, 2.75) is 0 Å². The minimum Gasteiger partial charge on any atom is -0.309 e. The fourth-order valence-electron chi connectivity index (χ4n) is 13.3. The molecule has 0 amide bonds. The summed E-state index contributed by atoms with van der Waals surface area (Å²) in [6, 6.07) is 97.0. The van der Waals surface area contributed by atoms with E-state index in [-0.39, 0.29) is 0 Å². The third kappa shape index (κ3) is 7.09. The first kappa shape index (κ1) is 47.8. The number of benzene rings is 12. The van der Waals surface area contributed by atoms with E-state index in [1.54, 1.807) is 0 Å². The molecule has 0 spiro atoms. The summed E-state index contributed by atoms with van der Waals surface area (Å²) < 4.78 is 9.16. The van der Waals surface area contributed by atoms with Crippen LogP contribution in [0.25, 0.3) is 143 Å². The Kier molecular flexibility index (Phi) is 10.6. The molecule has 16 aromatic rings. The fraction of sp³-hybridized carbons (Fsp3) is 0. The van der Waals surface area contributed by atoms with Crippen molar-refractivity contribution in [2.24, 2.45) is 0 Å². The highest BCUT2D eigenvalue weighted by molar-refractivity contribution is 6.15. The van der Waals surface area contributed by atoms with Gasteiger partial charge in [-0.05, 0) is 145 Å². The van der Waals surface area contributed by atoms with Crippen molar-refractivity contribution < 1.29 is 0 Å². The largest absolute Gasteiger partial charge is 0.309 e. The lowest BCUT2D eigenvalue weighted by Crippen LogP contribution is -2.03. The van der Waals surface area contributed by atoms with E-state index in [4.69, 9.17) is 0 Å². The van der Waals surface area contributed by atoms with E-state index < -0.39 is 0 Å². The van der Waals surface area contributed by atoms with Crippen molar-refractivity contribution in [1.29, 1.82) is 21.0 Å². The number of nitrogens with zero attached hydrogens (tertiary/aromatic N) is 8. The van der Waals surface area contributed by atoms with Gasteiger partial charge in [0.15, 0.2) is 0 Å². The maximum atomic E-state index is 10.7. The number of fused-ring (bicyclic) bond motifs is 12. The van der Waals surface area contributed by atoms with E-state index in [0.717, 1.165) is 143 Å². The summed E-state index contributed by atoms with van der Waals surface area (Å²) in [4.78, 5) is 0. The number of para-hydroxylation sites is 6. The third-order valence-corrected chi connectivity index (χ3v) is 16.9. The van der Waals surface area contributed by atoms with Gasteiger partial charge in [0.1, 0.15) is 0 Å². The van der Waals surface area contributed by atoms with Crippen molar-refractivity contribution in [2.75, 3.05) is 0 Å². The molecule has 8 heteroatoms. The molecule has 12 aromatic carbocycles. The van der Waals surface area contributed by atoms with E-state index in [2.05, 4.69) is 237 Å². The maximum absolute atomic E-state index is 10.7. The Labute approximate surface area is 481 Å². The normalized spacial score (nSPS) is 11.5. The number of rotatable bonds is 7. The van der Waals surface area contributed by atoms with Crippen LogP contribution in [0.4, 0.5) is 0 Å². The van der Waals surface area contributed by atoms with Crippen molar-refractivity contribution in [1.82, 2.24) is 18.3 Å². The van der Waals surface area contributed by atoms with Crippen LogP contribution in [0.5, 0.6) is 0 Å². The SMILES string of the molecule is N#Cc1ccc(-n2c3ccccc3c3ccccc32)c(-c2ccc3c(c2)c2ccccc2n3-c2ccc(C#N)cc2-c2cc(C#N)ccc2-n2c3ccccc3c3cc(-c4cc(C#N)ccc4-n4c5ccccc5c5ccccc54)ccc32)c1. The first-order valence-electron chi connectivity index (χ1n) is 27.7.